The number of rotatable bonds is 4. The summed E-state index contributed by atoms with van der Waals surface area (Å²) in [6, 6.07) is 7.71. The van der Waals surface area contributed by atoms with Crippen LogP contribution in [0.3, 0.4) is 0 Å². The predicted molar refractivity (Wildman–Crippen MR) is 116 cm³/mol. The van der Waals surface area contributed by atoms with E-state index >= 15 is 0 Å². The standard InChI is InChI=1S/C20H20BrClN2O2S/c1-5-11(2)24-19(25)18(27-20(24)26)9-14-8-12(3)23(13(14)4)15-6-7-16(21)17(22)10-15/h6-11H,5H2,1-4H3/b18-9+/t11-/m1/s1. The topological polar surface area (TPSA) is 42.3 Å². The summed E-state index contributed by atoms with van der Waals surface area (Å²) in [7, 11) is 0. The molecule has 1 atom stereocenters. The fourth-order valence-corrected chi connectivity index (χ4v) is 4.48. The van der Waals surface area contributed by atoms with E-state index in [9.17, 15) is 9.59 Å². The van der Waals surface area contributed by atoms with Gasteiger partial charge in [0.2, 0.25) is 0 Å². The molecule has 0 unspecified atom stereocenters. The molecule has 2 amide bonds. The van der Waals surface area contributed by atoms with Crippen molar-refractivity contribution in [3.63, 3.8) is 0 Å². The smallest absolute Gasteiger partial charge is 0.293 e. The van der Waals surface area contributed by atoms with Crippen molar-refractivity contribution in [3.8, 4) is 5.69 Å². The normalized spacial score (nSPS) is 17.3. The third-order valence-corrected chi connectivity index (χ3v) is 6.89. The van der Waals surface area contributed by atoms with Gasteiger partial charge in [-0.3, -0.25) is 14.5 Å². The molecule has 4 nitrogen and oxygen atoms in total. The van der Waals surface area contributed by atoms with Crippen LogP contribution in [0.15, 0.2) is 33.6 Å². The van der Waals surface area contributed by atoms with Gasteiger partial charge in [0, 0.05) is 27.6 Å². The van der Waals surface area contributed by atoms with Crippen molar-refractivity contribution in [1.82, 2.24) is 9.47 Å². The van der Waals surface area contributed by atoms with Crippen molar-refractivity contribution in [2.45, 2.75) is 40.2 Å². The van der Waals surface area contributed by atoms with E-state index in [2.05, 4.69) is 20.5 Å². The lowest BCUT2D eigenvalue weighted by Gasteiger charge is -2.19. The average Bonchev–Trinajstić information content (AvgIpc) is 3.05. The molecule has 2 aromatic rings. The maximum absolute atomic E-state index is 12.7. The summed E-state index contributed by atoms with van der Waals surface area (Å²) in [5.74, 6) is -0.212. The van der Waals surface area contributed by atoms with Gasteiger partial charge in [0.1, 0.15) is 0 Å². The fraction of sp³-hybridized carbons (Fsp3) is 0.300. The lowest BCUT2D eigenvalue weighted by molar-refractivity contribution is -0.124. The molecule has 27 heavy (non-hydrogen) atoms. The van der Waals surface area contributed by atoms with Crippen molar-refractivity contribution in [2.24, 2.45) is 0 Å². The fourth-order valence-electron chi connectivity index (χ4n) is 3.14. The number of nitrogens with zero attached hydrogens (tertiary/aromatic N) is 2. The van der Waals surface area contributed by atoms with E-state index in [0.29, 0.717) is 9.93 Å². The Morgan fingerprint density at radius 3 is 2.59 bits per heavy atom. The first kappa shape index (κ1) is 20.2. The van der Waals surface area contributed by atoms with Crippen LogP contribution in [0.2, 0.25) is 5.02 Å². The molecule has 2 heterocycles. The summed E-state index contributed by atoms with van der Waals surface area (Å²) in [5, 5.41) is 0.435. The van der Waals surface area contributed by atoms with E-state index in [1.807, 2.05) is 58.0 Å². The largest absolute Gasteiger partial charge is 0.318 e. The average molecular weight is 468 g/mol. The molecule has 1 aliphatic heterocycles. The van der Waals surface area contributed by atoms with Crippen LogP contribution in [0.5, 0.6) is 0 Å². The summed E-state index contributed by atoms with van der Waals surface area (Å²) in [6.07, 6.45) is 2.55. The molecule has 142 valence electrons. The molecule has 0 bridgehead atoms. The quantitative estimate of drug-likeness (QED) is 0.492. The highest BCUT2D eigenvalue weighted by atomic mass is 79.9. The number of carbonyl (C=O) groups excluding carboxylic acids is 2. The number of halogens is 2. The van der Waals surface area contributed by atoms with Crippen LogP contribution in [-0.2, 0) is 4.79 Å². The Morgan fingerprint density at radius 1 is 1.26 bits per heavy atom. The number of amides is 2. The number of hydrogen-bond acceptors (Lipinski definition) is 3. The third kappa shape index (κ3) is 3.75. The van der Waals surface area contributed by atoms with Crippen molar-refractivity contribution < 1.29 is 9.59 Å². The molecule has 0 radical (unpaired) electrons. The van der Waals surface area contributed by atoms with Crippen LogP contribution in [0.25, 0.3) is 11.8 Å². The maximum atomic E-state index is 12.7. The van der Waals surface area contributed by atoms with E-state index in [-0.39, 0.29) is 17.2 Å². The van der Waals surface area contributed by atoms with Crippen LogP contribution in [-0.4, -0.2) is 26.7 Å². The predicted octanol–water partition coefficient (Wildman–Crippen LogP) is 6.34. The van der Waals surface area contributed by atoms with Gasteiger partial charge in [0.15, 0.2) is 0 Å². The van der Waals surface area contributed by atoms with Gasteiger partial charge in [-0.15, -0.1) is 0 Å². The Morgan fingerprint density at radius 2 is 1.96 bits per heavy atom. The number of hydrogen-bond donors (Lipinski definition) is 0. The van der Waals surface area contributed by atoms with Crippen LogP contribution < -0.4 is 0 Å². The molecular formula is C20H20BrClN2O2S. The minimum absolute atomic E-state index is 0.0965. The minimum atomic E-state index is -0.212. The molecule has 3 rings (SSSR count). The second kappa shape index (κ2) is 7.86. The van der Waals surface area contributed by atoms with Gasteiger partial charge >= 0.3 is 0 Å². The Kier molecular flexibility index (Phi) is 5.89. The van der Waals surface area contributed by atoms with E-state index < -0.39 is 0 Å². The molecule has 7 heteroatoms. The highest BCUT2D eigenvalue weighted by molar-refractivity contribution is 9.10. The zero-order valence-corrected chi connectivity index (χ0v) is 18.7. The first-order chi connectivity index (χ1) is 12.7. The van der Waals surface area contributed by atoms with Gasteiger partial charge in [-0.05, 0) is 90.8 Å². The molecule has 1 aromatic heterocycles. The second-order valence-corrected chi connectivity index (χ2v) is 8.82. The third-order valence-electron chi connectivity index (χ3n) is 4.77. The van der Waals surface area contributed by atoms with Gasteiger partial charge < -0.3 is 4.57 Å². The summed E-state index contributed by atoms with van der Waals surface area (Å²) >= 11 is 10.7. The SMILES string of the molecule is CC[C@@H](C)N1C(=O)S/C(=C/c2cc(C)n(-c3ccc(Br)c(Cl)c3)c2C)C1=O. The van der Waals surface area contributed by atoms with Crippen molar-refractivity contribution in [1.29, 1.82) is 0 Å². The number of imide groups is 1. The maximum Gasteiger partial charge on any atom is 0.293 e. The first-order valence-electron chi connectivity index (χ1n) is 8.66. The van der Waals surface area contributed by atoms with Crippen LogP contribution in [0.1, 0.15) is 37.2 Å². The van der Waals surface area contributed by atoms with Crippen molar-refractivity contribution in [2.75, 3.05) is 0 Å². The number of carbonyl (C=O) groups is 2. The van der Waals surface area contributed by atoms with Crippen molar-refractivity contribution >= 4 is 56.5 Å². The molecule has 1 fully saturated rings. The summed E-state index contributed by atoms with van der Waals surface area (Å²) in [4.78, 5) is 26.7. The molecule has 1 aliphatic rings. The first-order valence-corrected chi connectivity index (χ1v) is 10.6. The zero-order chi connectivity index (χ0) is 19.9. The Balaban J connectivity index is 2.00. The lowest BCUT2D eigenvalue weighted by Crippen LogP contribution is -2.36. The minimum Gasteiger partial charge on any atom is -0.318 e. The second-order valence-electron chi connectivity index (χ2n) is 6.57. The molecule has 0 saturated carbocycles. The van der Waals surface area contributed by atoms with E-state index in [4.69, 9.17) is 11.6 Å². The van der Waals surface area contributed by atoms with E-state index in [0.717, 1.165) is 45.3 Å². The summed E-state index contributed by atoms with van der Waals surface area (Å²) in [5.41, 5.74) is 3.88. The van der Waals surface area contributed by atoms with Crippen LogP contribution in [0, 0.1) is 13.8 Å². The zero-order valence-electron chi connectivity index (χ0n) is 15.5. The number of aromatic nitrogens is 1. The number of aryl methyl sites for hydroxylation is 1. The van der Waals surface area contributed by atoms with Gasteiger partial charge in [0.05, 0.1) is 9.93 Å². The van der Waals surface area contributed by atoms with Crippen LogP contribution in [0.4, 0.5) is 4.79 Å². The number of thioether (sulfide) groups is 1. The monoisotopic (exact) mass is 466 g/mol. The highest BCUT2D eigenvalue weighted by Gasteiger charge is 2.37. The van der Waals surface area contributed by atoms with E-state index in [1.54, 1.807) is 0 Å². The van der Waals surface area contributed by atoms with Gasteiger partial charge in [-0.2, -0.15) is 0 Å². The van der Waals surface area contributed by atoms with Crippen LogP contribution >= 0.6 is 39.3 Å². The Bertz CT molecular complexity index is 967. The molecule has 1 saturated heterocycles. The Hall–Kier alpha value is -1.50. The molecule has 0 spiro atoms. The van der Waals surface area contributed by atoms with Gasteiger partial charge in [-0.1, -0.05) is 18.5 Å². The lowest BCUT2D eigenvalue weighted by atomic mass is 10.2. The van der Waals surface area contributed by atoms with Gasteiger partial charge in [0.25, 0.3) is 11.1 Å². The van der Waals surface area contributed by atoms with Gasteiger partial charge in [-0.25, -0.2) is 0 Å². The molecular weight excluding hydrogens is 448 g/mol. The number of benzene rings is 1. The summed E-state index contributed by atoms with van der Waals surface area (Å²) in [6.45, 7) is 7.86. The highest BCUT2D eigenvalue weighted by Crippen LogP contribution is 2.35. The molecule has 1 aromatic carbocycles. The summed E-state index contributed by atoms with van der Waals surface area (Å²) < 4.78 is 2.93. The molecule has 0 aliphatic carbocycles. The van der Waals surface area contributed by atoms with Crippen molar-refractivity contribution in [3.05, 3.63) is 55.6 Å². The van der Waals surface area contributed by atoms with E-state index in [1.165, 1.54) is 4.90 Å². The molecule has 0 N–H and O–H groups in total. The Labute approximate surface area is 176 Å².